The lowest BCUT2D eigenvalue weighted by atomic mass is 10.0. The molecular formula is C17H19NO3. The standard InChI is InChI=1S/C17H19NO3/c1-8-3-2-4-11(12(8)17(20)21)18-16(19)15-13-9-5-6-10(7-9)14(13)15/h2-4,9-10,13-15H,5-7H2,1H3,(H,18,19)(H,20,21). The fourth-order valence-corrected chi connectivity index (χ4v) is 4.95. The van der Waals surface area contributed by atoms with Crippen molar-refractivity contribution in [3.63, 3.8) is 0 Å². The number of nitrogens with one attached hydrogen (secondary N) is 1. The summed E-state index contributed by atoms with van der Waals surface area (Å²) in [5, 5.41) is 12.2. The van der Waals surface area contributed by atoms with Crippen molar-refractivity contribution in [2.24, 2.45) is 29.6 Å². The lowest BCUT2D eigenvalue weighted by molar-refractivity contribution is -0.118. The molecule has 0 spiro atoms. The van der Waals surface area contributed by atoms with Crippen LogP contribution in [0.2, 0.25) is 0 Å². The van der Waals surface area contributed by atoms with E-state index in [-0.39, 0.29) is 17.4 Å². The van der Waals surface area contributed by atoms with Gasteiger partial charge in [-0.2, -0.15) is 0 Å². The molecule has 0 radical (unpaired) electrons. The van der Waals surface area contributed by atoms with Crippen LogP contribution in [0.5, 0.6) is 0 Å². The second-order valence-electron chi connectivity index (χ2n) is 6.81. The number of aromatic carboxylic acids is 1. The Hall–Kier alpha value is -1.84. The molecule has 4 nitrogen and oxygen atoms in total. The number of rotatable bonds is 3. The first kappa shape index (κ1) is 12.9. The van der Waals surface area contributed by atoms with E-state index >= 15 is 0 Å². The highest BCUT2D eigenvalue weighted by Crippen LogP contribution is 2.69. The van der Waals surface area contributed by atoms with Crippen LogP contribution in [0.3, 0.4) is 0 Å². The summed E-state index contributed by atoms with van der Waals surface area (Å²) < 4.78 is 0. The summed E-state index contributed by atoms with van der Waals surface area (Å²) in [4.78, 5) is 23.9. The molecule has 1 aromatic rings. The lowest BCUT2D eigenvalue weighted by Crippen LogP contribution is -2.20. The molecule has 0 heterocycles. The molecule has 4 heteroatoms. The molecule has 0 aliphatic heterocycles. The SMILES string of the molecule is Cc1cccc(NC(=O)C2C3C4CCC(C4)C23)c1C(=O)O. The number of fused-ring (bicyclic) bond motifs is 5. The van der Waals surface area contributed by atoms with E-state index in [4.69, 9.17) is 0 Å². The van der Waals surface area contributed by atoms with E-state index in [1.165, 1.54) is 19.3 Å². The van der Waals surface area contributed by atoms with E-state index in [9.17, 15) is 14.7 Å². The van der Waals surface area contributed by atoms with Crippen molar-refractivity contribution in [1.29, 1.82) is 0 Å². The Morgan fingerprint density at radius 2 is 1.86 bits per heavy atom. The minimum Gasteiger partial charge on any atom is -0.478 e. The third kappa shape index (κ3) is 1.81. The molecule has 21 heavy (non-hydrogen) atoms. The van der Waals surface area contributed by atoms with Crippen LogP contribution in [-0.4, -0.2) is 17.0 Å². The Kier molecular flexibility index (Phi) is 2.65. The van der Waals surface area contributed by atoms with E-state index in [1.54, 1.807) is 25.1 Å². The number of anilines is 1. The Morgan fingerprint density at radius 1 is 1.19 bits per heavy atom. The number of benzene rings is 1. The van der Waals surface area contributed by atoms with Crippen molar-refractivity contribution in [2.45, 2.75) is 26.2 Å². The van der Waals surface area contributed by atoms with Crippen molar-refractivity contribution in [3.8, 4) is 0 Å². The van der Waals surface area contributed by atoms with Crippen LogP contribution in [-0.2, 0) is 4.79 Å². The number of carbonyl (C=O) groups excluding carboxylic acids is 1. The largest absolute Gasteiger partial charge is 0.478 e. The van der Waals surface area contributed by atoms with Crippen molar-refractivity contribution < 1.29 is 14.7 Å². The van der Waals surface area contributed by atoms with Gasteiger partial charge in [0.1, 0.15) is 0 Å². The van der Waals surface area contributed by atoms with Crippen LogP contribution in [0, 0.1) is 36.5 Å². The highest BCUT2D eigenvalue weighted by molar-refractivity contribution is 6.03. The maximum atomic E-state index is 12.5. The first-order valence-electron chi connectivity index (χ1n) is 7.71. The molecule has 0 aromatic heterocycles. The lowest BCUT2D eigenvalue weighted by Gasteiger charge is -2.12. The number of amides is 1. The van der Waals surface area contributed by atoms with Gasteiger partial charge in [0.05, 0.1) is 11.3 Å². The van der Waals surface area contributed by atoms with Gasteiger partial charge in [-0.3, -0.25) is 4.79 Å². The minimum atomic E-state index is -0.987. The molecule has 4 unspecified atom stereocenters. The van der Waals surface area contributed by atoms with Crippen LogP contribution in [0.25, 0.3) is 0 Å². The smallest absolute Gasteiger partial charge is 0.338 e. The molecule has 0 saturated heterocycles. The van der Waals surface area contributed by atoms with Gasteiger partial charge < -0.3 is 10.4 Å². The molecule has 1 aromatic carbocycles. The number of hydrogen-bond acceptors (Lipinski definition) is 2. The third-order valence-electron chi connectivity index (χ3n) is 5.78. The summed E-state index contributed by atoms with van der Waals surface area (Å²) in [6.07, 6.45) is 3.87. The van der Waals surface area contributed by atoms with E-state index in [0.717, 1.165) is 11.8 Å². The van der Waals surface area contributed by atoms with Crippen LogP contribution >= 0.6 is 0 Å². The Bertz CT molecular complexity index is 623. The van der Waals surface area contributed by atoms with E-state index in [2.05, 4.69) is 5.32 Å². The highest BCUT2D eigenvalue weighted by Gasteiger charge is 2.67. The summed E-state index contributed by atoms with van der Waals surface area (Å²) >= 11 is 0. The van der Waals surface area contributed by atoms with Crippen molar-refractivity contribution in [2.75, 3.05) is 5.32 Å². The number of hydrogen-bond donors (Lipinski definition) is 2. The average Bonchev–Trinajstić information content (AvgIpc) is 2.87. The van der Waals surface area contributed by atoms with Gasteiger partial charge in [-0.25, -0.2) is 4.79 Å². The topological polar surface area (TPSA) is 66.4 Å². The minimum absolute atomic E-state index is 0.0229. The summed E-state index contributed by atoms with van der Waals surface area (Å²) in [5.41, 5.74) is 1.32. The van der Waals surface area contributed by atoms with Crippen LogP contribution < -0.4 is 5.32 Å². The molecular weight excluding hydrogens is 266 g/mol. The summed E-state index contributed by atoms with van der Waals surface area (Å²) in [6, 6.07) is 5.22. The zero-order valence-electron chi connectivity index (χ0n) is 12.0. The summed E-state index contributed by atoms with van der Waals surface area (Å²) in [7, 11) is 0. The first-order valence-corrected chi connectivity index (χ1v) is 7.71. The summed E-state index contributed by atoms with van der Waals surface area (Å²) in [5.74, 6) is 1.79. The maximum absolute atomic E-state index is 12.5. The van der Waals surface area contributed by atoms with Gasteiger partial charge >= 0.3 is 5.97 Å². The number of carboxylic acid groups (broad SMARTS) is 1. The second-order valence-corrected chi connectivity index (χ2v) is 6.81. The van der Waals surface area contributed by atoms with E-state index in [1.807, 2.05) is 0 Å². The highest BCUT2D eigenvalue weighted by atomic mass is 16.4. The molecule has 4 rings (SSSR count). The Morgan fingerprint density at radius 3 is 2.48 bits per heavy atom. The van der Waals surface area contributed by atoms with Crippen LogP contribution in [0.1, 0.15) is 35.2 Å². The van der Waals surface area contributed by atoms with Crippen molar-refractivity contribution in [1.82, 2.24) is 0 Å². The Labute approximate surface area is 123 Å². The van der Waals surface area contributed by atoms with Gasteiger partial charge in [-0.15, -0.1) is 0 Å². The van der Waals surface area contributed by atoms with Gasteiger partial charge in [-0.05, 0) is 61.5 Å². The summed E-state index contributed by atoms with van der Waals surface area (Å²) in [6.45, 7) is 1.76. The first-order chi connectivity index (χ1) is 10.1. The normalized spacial score (nSPS) is 35.4. The molecule has 110 valence electrons. The zero-order valence-corrected chi connectivity index (χ0v) is 12.0. The fraction of sp³-hybridized carbons (Fsp3) is 0.529. The molecule has 2 bridgehead atoms. The third-order valence-corrected chi connectivity index (χ3v) is 5.78. The molecule has 3 fully saturated rings. The average molecular weight is 285 g/mol. The van der Waals surface area contributed by atoms with Gasteiger partial charge in [0.25, 0.3) is 0 Å². The van der Waals surface area contributed by atoms with Crippen LogP contribution in [0.4, 0.5) is 5.69 Å². The molecule has 3 saturated carbocycles. The second kappa shape index (κ2) is 4.33. The number of carbonyl (C=O) groups is 2. The van der Waals surface area contributed by atoms with E-state index < -0.39 is 5.97 Å². The molecule has 4 atom stereocenters. The van der Waals surface area contributed by atoms with Crippen molar-refractivity contribution >= 4 is 17.6 Å². The van der Waals surface area contributed by atoms with Gasteiger partial charge in [0, 0.05) is 5.92 Å². The van der Waals surface area contributed by atoms with Crippen molar-refractivity contribution in [3.05, 3.63) is 29.3 Å². The number of carboxylic acids is 1. The molecule has 3 aliphatic carbocycles. The van der Waals surface area contributed by atoms with Crippen LogP contribution in [0.15, 0.2) is 18.2 Å². The Balaban J connectivity index is 1.54. The van der Waals surface area contributed by atoms with Gasteiger partial charge in [0.15, 0.2) is 0 Å². The predicted molar refractivity (Wildman–Crippen MR) is 78.1 cm³/mol. The fourth-order valence-electron chi connectivity index (χ4n) is 4.95. The number of aryl methyl sites for hydroxylation is 1. The maximum Gasteiger partial charge on any atom is 0.338 e. The zero-order chi connectivity index (χ0) is 14.7. The molecule has 1 amide bonds. The predicted octanol–water partition coefficient (Wildman–Crippen LogP) is 2.92. The molecule has 2 N–H and O–H groups in total. The monoisotopic (exact) mass is 285 g/mol. The van der Waals surface area contributed by atoms with E-state index in [0.29, 0.717) is 23.1 Å². The quantitative estimate of drug-likeness (QED) is 0.897. The molecule has 3 aliphatic rings. The van der Waals surface area contributed by atoms with Gasteiger partial charge in [0.2, 0.25) is 5.91 Å². The van der Waals surface area contributed by atoms with Gasteiger partial charge in [-0.1, -0.05) is 12.1 Å².